The third kappa shape index (κ3) is 4.19. The van der Waals surface area contributed by atoms with Gasteiger partial charge in [0.05, 0.1) is 23.0 Å². The van der Waals surface area contributed by atoms with E-state index in [0.717, 1.165) is 26.9 Å². The molecule has 0 aliphatic rings. The molecule has 0 fully saturated rings. The van der Waals surface area contributed by atoms with Crippen molar-refractivity contribution in [1.29, 1.82) is 0 Å². The lowest BCUT2D eigenvalue weighted by molar-refractivity contribution is 0.104. The summed E-state index contributed by atoms with van der Waals surface area (Å²) in [6.07, 6.45) is 1.87. The minimum Gasteiger partial charge on any atom is -0.413 e. The zero-order valence-corrected chi connectivity index (χ0v) is 18.4. The summed E-state index contributed by atoms with van der Waals surface area (Å²) in [5, 5.41) is 5.85. The van der Waals surface area contributed by atoms with E-state index >= 15 is 0 Å². The first-order valence-electron chi connectivity index (χ1n) is 8.41. The molecule has 4 nitrogen and oxygen atoms in total. The number of fused-ring (bicyclic) bond motifs is 1. The fourth-order valence-electron chi connectivity index (χ4n) is 2.52. The Hall–Kier alpha value is -1.50. The van der Waals surface area contributed by atoms with Crippen LogP contribution in [0.15, 0.2) is 47.1 Å². The second-order valence-corrected chi connectivity index (χ2v) is 11.6. The maximum Gasteiger partial charge on any atom is 0.168 e. The van der Waals surface area contributed by atoms with Crippen LogP contribution in [0.3, 0.4) is 0 Å². The first-order chi connectivity index (χ1) is 11.7. The van der Waals surface area contributed by atoms with Gasteiger partial charge in [-0.2, -0.15) is 5.10 Å². The summed E-state index contributed by atoms with van der Waals surface area (Å²) >= 11 is 3.53. The molecule has 0 amide bonds. The molecule has 0 aliphatic carbocycles. The van der Waals surface area contributed by atoms with E-state index in [1.165, 1.54) is 0 Å². The van der Waals surface area contributed by atoms with Crippen LogP contribution in [0.2, 0.25) is 5.04 Å². The van der Waals surface area contributed by atoms with Crippen molar-refractivity contribution in [2.45, 2.75) is 45.3 Å². The summed E-state index contributed by atoms with van der Waals surface area (Å²) in [5.41, 5.74) is 1.56. The Kier molecular flexibility index (Phi) is 4.88. The minimum absolute atomic E-state index is 0.249. The molecule has 0 spiro atoms. The van der Waals surface area contributed by atoms with Gasteiger partial charge in [-0.05, 0) is 43.2 Å². The molecule has 0 saturated carbocycles. The zero-order valence-electron chi connectivity index (χ0n) is 15.4. The Bertz CT molecular complexity index is 899. The lowest BCUT2D eigenvalue weighted by Gasteiger charge is -2.29. The number of nitrogens with zero attached hydrogens (tertiary/aromatic N) is 3. The maximum absolute atomic E-state index is 6.30. The van der Waals surface area contributed by atoms with Crippen LogP contribution in [-0.2, 0) is 10.0 Å². The van der Waals surface area contributed by atoms with Gasteiger partial charge in [-0.1, -0.05) is 48.8 Å². The maximum atomic E-state index is 6.30. The third-order valence-corrected chi connectivity index (χ3v) is 6.19. The molecule has 6 heteroatoms. The first kappa shape index (κ1) is 18.3. The molecular weight excluding hydrogens is 394 g/mol. The summed E-state index contributed by atoms with van der Waals surface area (Å²) in [7, 11) is -0.670. The minimum atomic E-state index is -0.670. The smallest absolute Gasteiger partial charge is 0.168 e. The van der Waals surface area contributed by atoms with Gasteiger partial charge in [0.25, 0.3) is 0 Å². The Morgan fingerprint density at radius 3 is 2.56 bits per heavy atom. The highest BCUT2D eigenvalue weighted by atomic mass is 79.9. The monoisotopic (exact) mass is 417 g/mol. The van der Waals surface area contributed by atoms with E-state index in [1.54, 1.807) is 0 Å². The van der Waals surface area contributed by atoms with Gasteiger partial charge in [-0.15, -0.1) is 0 Å². The fraction of sp³-hybridized carbons (Fsp3) is 0.368. The summed E-state index contributed by atoms with van der Waals surface area (Å²) in [4.78, 5) is 4.85. The van der Waals surface area contributed by atoms with Crippen LogP contribution in [-0.4, -0.2) is 24.5 Å². The van der Waals surface area contributed by atoms with Crippen LogP contribution in [0.25, 0.3) is 16.7 Å². The lowest BCUT2D eigenvalue weighted by Crippen LogP contribution is -2.28. The van der Waals surface area contributed by atoms with Crippen LogP contribution < -0.4 is 0 Å². The quantitative estimate of drug-likeness (QED) is 0.575. The molecule has 2 heterocycles. The number of benzene rings is 1. The number of pyridine rings is 1. The molecule has 2 aromatic heterocycles. The van der Waals surface area contributed by atoms with Gasteiger partial charge in [0.15, 0.2) is 15.6 Å². The molecule has 0 radical (unpaired) electrons. The molecule has 0 unspecified atom stereocenters. The summed E-state index contributed by atoms with van der Waals surface area (Å²) in [5.74, 6) is 0.805. The van der Waals surface area contributed by atoms with E-state index in [2.05, 4.69) is 67.8 Å². The standard InChI is InChI=1S/C19H24BrN3OSi/c1-18(2,3)25-24-19(4,5)16-7-6-8-17(22-16)23-15-11-14(20)10-9-13(15)12-21-23/h6-12H,25H2,1-5H3. The average molecular weight is 418 g/mol. The van der Waals surface area contributed by atoms with Crippen molar-refractivity contribution in [3.05, 3.63) is 52.8 Å². The summed E-state index contributed by atoms with van der Waals surface area (Å²) < 4.78 is 9.20. The Labute approximate surface area is 159 Å². The van der Waals surface area contributed by atoms with Crippen LogP contribution in [0.5, 0.6) is 0 Å². The highest BCUT2D eigenvalue weighted by Gasteiger charge is 2.26. The molecule has 3 rings (SSSR count). The molecular formula is C19H24BrN3OSi. The SMILES string of the molecule is CC(C)(C)[SiH2]OC(C)(C)c1cccc(-n2ncc3ccc(Br)cc32)n1. The Morgan fingerprint density at radius 2 is 1.84 bits per heavy atom. The van der Waals surface area contributed by atoms with E-state index < -0.39 is 15.4 Å². The molecule has 132 valence electrons. The highest BCUT2D eigenvalue weighted by molar-refractivity contribution is 9.10. The van der Waals surface area contributed by atoms with Gasteiger partial charge in [-0.3, -0.25) is 0 Å². The number of aromatic nitrogens is 3. The van der Waals surface area contributed by atoms with Crippen molar-refractivity contribution in [1.82, 2.24) is 14.8 Å². The van der Waals surface area contributed by atoms with Gasteiger partial charge in [-0.25, -0.2) is 9.67 Å². The van der Waals surface area contributed by atoms with Crippen molar-refractivity contribution in [2.24, 2.45) is 0 Å². The Balaban J connectivity index is 1.97. The molecule has 0 saturated heterocycles. The number of hydrogen-bond acceptors (Lipinski definition) is 3. The third-order valence-electron chi connectivity index (χ3n) is 3.97. The van der Waals surface area contributed by atoms with Crippen LogP contribution in [0, 0.1) is 0 Å². The second kappa shape index (κ2) is 6.66. The predicted molar refractivity (Wildman–Crippen MR) is 109 cm³/mol. The van der Waals surface area contributed by atoms with Crippen molar-refractivity contribution in [3.8, 4) is 5.82 Å². The zero-order chi connectivity index (χ0) is 18.2. The number of halogens is 1. The first-order valence-corrected chi connectivity index (χ1v) is 10.5. The molecule has 0 aliphatic heterocycles. The van der Waals surface area contributed by atoms with Crippen LogP contribution in [0.4, 0.5) is 0 Å². The van der Waals surface area contributed by atoms with Gasteiger partial charge < -0.3 is 4.43 Å². The molecule has 0 bridgehead atoms. The lowest BCUT2D eigenvalue weighted by atomic mass is 10.1. The van der Waals surface area contributed by atoms with Gasteiger partial charge in [0.2, 0.25) is 0 Å². The normalized spacial score (nSPS) is 13.2. The number of hydrogen-bond donors (Lipinski definition) is 0. The van der Waals surface area contributed by atoms with Crippen LogP contribution in [0.1, 0.15) is 40.3 Å². The summed E-state index contributed by atoms with van der Waals surface area (Å²) in [6.45, 7) is 10.9. The largest absolute Gasteiger partial charge is 0.413 e. The molecule has 0 N–H and O–H groups in total. The van der Waals surface area contributed by atoms with Crippen molar-refractivity contribution >= 4 is 36.6 Å². The number of rotatable bonds is 4. The van der Waals surface area contributed by atoms with E-state index in [9.17, 15) is 0 Å². The van der Waals surface area contributed by atoms with Gasteiger partial charge in [0, 0.05) is 9.86 Å². The fourth-order valence-corrected chi connectivity index (χ4v) is 3.81. The van der Waals surface area contributed by atoms with Crippen LogP contribution >= 0.6 is 15.9 Å². The molecule has 3 aromatic rings. The average Bonchev–Trinajstić information content (AvgIpc) is 2.95. The predicted octanol–water partition coefficient (Wildman–Crippen LogP) is 4.74. The van der Waals surface area contributed by atoms with Crippen molar-refractivity contribution < 1.29 is 4.43 Å². The topological polar surface area (TPSA) is 39.9 Å². The molecule has 25 heavy (non-hydrogen) atoms. The van der Waals surface area contributed by atoms with E-state index in [1.807, 2.05) is 35.1 Å². The van der Waals surface area contributed by atoms with Crippen molar-refractivity contribution in [3.63, 3.8) is 0 Å². The second-order valence-electron chi connectivity index (χ2n) is 8.00. The van der Waals surface area contributed by atoms with E-state index in [0.29, 0.717) is 0 Å². The molecule has 0 atom stereocenters. The van der Waals surface area contributed by atoms with Crippen molar-refractivity contribution in [2.75, 3.05) is 0 Å². The molecule has 1 aromatic carbocycles. The van der Waals surface area contributed by atoms with Gasteiger partial charge >= 0.3 is 0 Å². The Morgan fingerprint density at radius 1 is 1.08 bits per heavy atom. The summed E-state index contributed by atoms with van der Waals surface area (Å²) in [6, 6.07) is 12.2. The highest BCUT2D eigenvalue weighted by Crippen LogP contribution is 2.29. The van der Waals surface area contributed by atoms with E-state index in [-0.39, 0.29) is 5.04 Å². The van der Waals surface area contributed by atoms with E-state index in [4.69, 9.17) is 9.41 Å². The van der Waals surface area contributed by atoms with Gasteiger partial charge in [0.1, 0.15) is 0 Å².